The zero-order valence-electron chi connectivity index (χ0n) is 11.1. The summed E-state index contributed by atoms with van der Waals surface area (Å²) in [6.07, 6.45) is 1.08. The second kappa shape index (κ2) is 5.73. The predicted octanol–water partition coefficient (Wildman–Crippen LogP) is 0.555. The maximum Gasteiger partial charge on any atom is 0.323 e. The van der Waals surface area contributed by atoms with Crippen molar-refractivity contribution < 1.29 is 19.5 Å². The summed E-state index contributed by atoms with van der Waals surface area (Å²) < 4.78 is 0. The number of aliphatic carboxylic acids is 1. The van der Waals surface area contributed by atoms with Crippen LogP contribution in [0.2, 0.25) is 0 Å². The van der Waals surface area contributed by atoms with Crippen molar-refractivity contribution in [3.8, 4) is 0 Å². The van der Waals surface area contributed by atoms with Crippen LogP contribution in [0, 0.1) is 0 Å². The largest absolute Gasteiger partial charge is 0.480 e. The molecule has 0 aromatic heterocycles. The molecular formula is C14H16N2O4. The van der Waals surface area contributed by atoms with Crippen molar-refractivity contribution in [1.29, 1.82) is 0 Å². The predicted molar refractivity (Wildman–Crippen MR) is 72.4 cm³/mol. The number of fused-ring (bicyclic) bond motifs is 1. The van der Waals surface area contributed by atoms with Crippen LogP contribution in [-0.4, -0.2) is 35.5 Å². The third-order valence-electron chi connectivity index (χ3n) is 3.22. The van der Waals surface area contributed by atoms with Crippen molar-refractivity contribution in [2.45, 2.75) is 25.8 Å². The molecule has 0 saturated heterocycles. The van der Waals surface area contributed by atoms with Crippen LogP contribution in [-0.2, 0) is 20.8 Å². The van der Waals surface area contributed by atoms with Crippen LogP contribution < -0.4 is 10.2 Å². The van der Waals surface area contributed by atoms with Gasteiger partial charge in [-0.2, -0.15) is 0 Å². The van der Waals surface area contributed by atoms with Crippen LogP contribution in [0.4, 0.5) is 5.69 Å². The Bertz CT molecular complexity index is 556. The summed E-state index contributed by atoms with van der Waals surface area (Å²) in [4.78, 5) is 35.8. The number of amides is 2. The molecule has 0 aliphatic carbocycles. The highest BCUT2D eigenvalue weighted by Crippen LogP contribution is 2.26. The highest BCUT2D eigenvalue weighted by Gasteiger charge is 2.31. The summed E-state index contributed by atoms with van der Waals surface area (Å²) >= 11 is 0. The zero-order chi connectivity index (χ0) is 14.7. The lowest BCUT2D eigenvalue weighted by molar-refractivity contribution is -0.137. The number of carboxylic acids is 1. The van der Waals surface area contributed by atoms with Crippen LogP contribution in [0.25, 0.3) is 0 Å². The average molecular weight is 276 g/mol. The summed E-state index contributed by atoms with van der Waals surface area (Å²) in [6.45, 7) is 0.929. The van der Waals surface area contributed by atoms with Crippen LogP contribution in [0.3, 0.4) is 0 Å². The lowest BCUT2D eigenvalue weighted by Crippen LogP contribution is -2.48. The number of aryl methyl sites for hydroxylation is 1. The van der Waals surface area contributed by atoms with Gasteiger partial charge in [-0.05, 0) is 24.5 Å². The van der Waals surface area contributed by atoms with Gasteiger partial charge in [0.05, 0.1) is 0 Å². The van der Waals surface area contributed by atoms with Crippen molar-refractivity contribution >= 4 is 23.5 Å². The Morgan fingerprint density at radius 2 is 2.10 bits per heavy atom. The number of carboxylic acid groups (broad SMARTS) is 1. The Labute approximate surface area is 116 Å². The maximum atomic E-state index is 12.4. The Morgan fingerprint density at radius 1 is 1.40 bits per heavy atom. The van der Waals surface area contributed by atoms with Gasteiger partial charge < -0.3 is 10.4 Å². The summed E-state index contributed by atoms with van der Waals surface area (Å²) in [6, 6.07) is 6.53. The summed E-state index contributed by atoms with van der Waals surface area (Å²) in [7, 11) is 0. The van der Waals surface area contributed by atoms with E-state index in [9.17, 15) is 14.4 Å². The molecule has 6 nitrogen and oxygen atoms in total. The molecule has 1 aliphatic heterocycles. The minimum absolute atomic E-state index is 0.301. The normalized spacial score (nSPS) is 18.1. The molecule has 20 heavy (non-hydrogen) atoms. The van der Waals surface area contributed by atoms with E-state index in [4.69, 9.17) is 5.11 Å². The molecule has 0 radical (unpaired) electrons. The van der Waals surface area contributed by atoms with Gasteiger partial charge in [0.1, 0.15) is 12.6 Å². The van der Waals surface area contributed by atoms with Gasteiger partial charge in [0.15, 0.2) is 0 Å². The van der Waals surface area contributed by atoms with Crippen molar-refractivity contribution in [2.24, 2.45) is 0 Å². The van der Waals surface area contributed by atoms with Crippen LogP contribution in [0.5, 0.6) is 0 Å². The molecule has 1 aliphatic rings. The number of anilines is 1. The molecule has 2 N–H and O–H groups in total. The van der Waals surface area contributed by atoms with Crippen LogP contribution in [0.15, 0.2) is 24.3 Å². The van der Waals surface area contributed by atoms with E-state index in [1.54, 1.807) is 12.1 Å². The number of carbonyl (C=O) groups excluding carboxylic acids is 2. The summed E-state index contributed by atoms with van der Waals surface area (Å²) in [5, 5.41) is 11.6. The molecule has 0 fully saturated rings. The fraction of sp³-hybridized carbons (Fsp3) is 0.357. The minimum Gasteiger partial charge on any atom is -0.480 e. The molecular weight excluding hydrogens is 260 g/mol. The van der Waals surface area contributed by atoms with E-state index in [1.165, 1.54) is 11.8 Å². The minimum atomic E-state index is -1.09. The highest BCUT2D eigenvalue weighted by molar-refractivity contribution is 6.03. The number of para-hydroxylation sites is 1. The number of rotatable bonds is 3. The number of hydrogen-bond acceptors (Lipinski definition) is 3. The smallest absolute Gasteiger partial charge is 0.323 e. The second-order valence-corrected chi connectivity index (χ2v) is 4.74. The van der Waals surface area contributed by atoms with E-state index in [-0.39, 0.29) is 11.8 Å². The van der Waals surface area contributed by atoms with E-state index >= 15 is 0 Å². The maximum absolute atomic E-state index is 12.4. The molecule has 1 heterocycles. The monoisotopic (exact) mass is 276 g/mol. The number of carbonyl (C=O) groups is 3. The number of hydrogen-bond donors (Lipinski definition) is 2. The van der Waals surface area contributed by atoms with Gasteiger partial charge in [0.25, 0.3) is 0 Å². The number of nitrogens with zero attached hydrogens (tertiary/aromatic N) is 1. The molecule has 1 unspecified atom stereocenters. The van der Waals surface area contributed by atoms with Gasteiger partial charge in [-0.25, -0.2) is 0 Å². The van der Waals surface area contributed by atoms with Gasteiger partial charge in [0, 0.05) is 12.6 Å². The Hall–Kier alpha value is -2.37. The molecule has 0 bridgehead atoms. The first-order valence-electron chi connectivity index (χ1n) is 6.37. The van der Waals surface area contributed by atoms with E-state index in [1.807, 2.05) is 12.1 Å². The van der Waals surface area contributed by atoms with Gasteiger partial charge in [-0.1, -0.05) is 18.2 Å². The SMILES string of the molecule is CC(=O)NC1CCc2ccccc2N(CC(=O)O)C1=O. The van der Waals surface area contributed by atoms with Gasteiger partial charge in [-0.15, -0.1) is 0 Å². The summed E-state index contributed by atoms with van der Waals surface area (Å²) in [5.74, 6) is -1.77. The third kappa shape index (κ3) is 2.96. The quantitative estimate of drug-likeness (QED) is 0.844. The van der Waals surface area contributed by atoms with E-state index < -0.39 is 18.6 Å². The molecule has 2 amide bonds. The summed E-state index contributed by atoms with van der Waals surface area (Å²) in [5.41, 5.74) is 1.52. The lowest BCUT2D eigenvalue weighted by Gasteiger charge is -2.24. The topological polar surface area (TPSA) is 86.7 Å². The van der Waals surface area contributed by atoms with Gasteiger partial charge in [-0.3, -0.25) is 19.3 Å². The Kier molecular flexibility index (Phi) is 4.02. The average Bonchev–Trinajstić information content (AvgIpc) is 2.50. The molecule has 1 aromatic carbocycles. The van der Waals surface area contributed by atoms with Crippen molar-refractivity contribution in [1.82, 2.24) is 5.32 Å². The fourth-order valence-electron chi connectivity index (χ4n) is 2.39. The molecule has 2 rings (SSSR count). The first kappa shape index (κ1) is 14.0. The Balaban J connectivity index is 2.37. The van der Waals surface area contributed by atoms with Crippen molar-refractivity contribution in [3.63, 3.8) is 0 Å². The number of nitrogens with one attached hydrogen (secondary N) is 1. The molecule has 106 valence electrons. The third-order valence-corrected chi connectivity index (χ3v) is 3.22. The fourth-order valence-corrected chi connectivity index (χ4v) is 2.39. The molecule has 0 spiro atoms. The molecule has 6 heteroatoms. The first-order chi connectivity index (χ1) is 9.49. The molecule has 1 atom stereocenters. The van der Waals surface area contributed by atoms with E-state index in [0.29, 0.717) is 18.5 Å². The van der Waals surface area contributed by atoms with Gasteiger partial charge in [0.2, 0.25) is 11.8 Å². The zero-order valence-corrected chi connectivity index (χ0v) is 11.1. The van der Waals surface area contributed by atoms with E-state index in [2.05, 4.69) is 5.32 Å². The van der Waals surface area contributed by atoms with Crippen molar-refractivity contribution in [2.75, 3.05) is 11.4 Å². The molecule has 1 aromatic rings. The van der Waals surface area contributed by atoms with Gasteiger partial charge >= 0.3 is 5.97 Å². The number of benzene rings is 1. The van der Waals surface area contributed by atoms with Crippen LogP contribution in [0.1, 0.15) is 18.9 Å². The molecule has 0 saturated carbocycles. The Morgan fingerprint density at radius 3 is 2.75 bits per heavy atom. The second-order valence-electron chi connectivity index (χ2n) is 4.74. The van der Waals surface area contributed by atoms with E-state index in [0.717, 1.165) is 5.56 Å². The van der Waals surface area contributed by atoms with Crippen LogP contribution >= 0.6 is 0 Å². The highest BCUT2D eigenvalue weighted by atomic mass is 16.4. The standard InChI is InChI=1S/C14H16N2O4/c1-9(17)15-11-7-6-10-4-2-3-5-12(10)16(14(11)20)8-13(18)19/h2-5,11H,6-8H2,1H3,(H,15,17)(H,18,19). The first-order valence-corrected chi connectivity index (χ1v) is 6.37. The lowest BCUT2D eigenvalue weighted by atomic mass is 10.1. The van der Waals surface area contributed by atoms with Crippen molar-refractivity contribution in [3.05, 3.63) is 29.8 Å².